The fraction of sp³-hybridized carbons (Fsp3) is 0.414. The molecule has 1 N–H and O–H groups in total. The molecule has 0 bridgehead atoms. The van der Waals surface area contributed by atoms with Crippen LogP contribution in [-0.4, -0.2) is 36.2 Å². The van der Waals surface area contributed by atoms with Gasteiger partial charge in [-0.2, -0.15) is 0 Å². The van der Waals surface area contributed by atoms with E-state index in [0.717, 1.165) is 28.1 Å². The summed E-state index contributed by atoms with van der Waals surface area (Å²) in [5, 5.41) is 5.04. The van der Waals surface area contributed by atoms with Crippen molar-refractivity contribution in [2.75, 3.05) is 19.0 Å². The second-order valence-electron chi connectivity index (χ2n) is 10.5. The molecule has 1 unspecified atom stereocenters. The predicted molar refractivity (Wildman–Crippen MR) is 155 cm³/mol. The first-order valence-electron chi connectivity index (χ1n) is 12.5. The van der Waals surface area contributed by atoms with Gasteiger partial charge in [0.25, 0.3) is 0 Å². The highest BCUT2D eigenvalue weighted by molar-refractivity contribution is 7.16. The summed E-state index contributed by atoms with van der Waals surface area (Å²) < 4.78 is 10.6. The van der Waals surface area contributed by atoms with E-state index < -0.39 is 17.5 Å². The third-order valence-electron chi connectivity index (χ3n) is 5.55. The van der Waals surface area contributed by atoms with E-state index in [1.54, 1.807) is 35.6 Å². The number of hydrogen-bond donors (Lipinski definition) is 1. The van der Waals surface area contributed by atoms with Gasteiger partial charge in [0.2, 0.25) is 0 Å². The number of aromatic nitrogens is 1. The Bertz CT molecular complexity index is 1280. The molecule has 0 amide bonds. The van der Waals surface area contributed by atoms with Gasteiger partial charge in [0, 0.05) is 17.0 Å². The maximum Gasteiger partial charge on any atom is 0.337 e. The van der Waals surface area contributed by atoms with E-state index in [1.807, 2.05) is 39.0 Å². The standard InChI is InChI=1S/C29H34Cl2N2O4S/c1-17(2)12-24-25(19-10-11-22(30)23(31)15-19)33-28(38-24)32-16-21(27(35)37-29(3,4)5)14-18-8-7-9-20(13-18)26(34)36-6/h7-11,13,15,17,21H,12,14,16H2,1-6H3,(H,32,33). The molecule has 38 heavy (non-hydrogen) atoms. The summed E-state index contributed by atoms with van der Waals surface area (Å²) in [6.45, 7) is 10.2. The van der Waals surface area contributed by atoms with Gasteiger partial charge in [0.15, 0.2) is 5.13 Å². The van der Waals surface area contributed by atoms with Crippen molar-refractivity contribution in [2.24, 2.45) is 11.8 Å². The number of ether oxygens (including phenoxy) is 2. The largest absolute Gasteiger partial charge is 0.465 e. The molecule has 0 spiro atoms. The summed E-state index contributed by atoms with van der Waals surface area (Å²) in [6.07, 6.45) is 1.24. The van der Waals surface area contributed by atoms with Gasteiger partial charge < -0.3 is 14.8 Å². The number of nitrogens with one attached hydrogen (secondary N) is 1. The van der Waals surface area contributed by atoms with Crippen molar-refractivity contribution in [3.63, 3.8) is 0 Å². The molecular formula is C29H34Cl2N2O4S. The Morgan fingerprint density at radius 2 is 1.79 bits per heavy atom. The number of methoxy groups -OCH3 is 1. The summed E-state index contributed by atoms with van der Waals surface area (Å²) in [7, 11) is 1.34. The van der Waals surface area contributed by atoms with E-state index >= 15 is 0 Å². The molecule has 2 aromatic carbocycles. The molecule has 1 heterocycles. The van der Waals surface area contributed by atoms with E-state index in [9.17, 15) is 9.59 Å². The maximum absolute atomic E-state index is 13.2. The van der Waals surface area contributed by atoms with Crippen LogP contribution in [0.25, 0.3) is 11.3 Å². The molecule has 0 aliphatic heterocycles. The summed E-state index contributed by atoms with van der Waals surface area (Å²) in [4.78, 5) is 31.2. The molecule has 204 valence electrons. The monoisotopic (exact) mass is 576 g/mol. The van der Waals surface area contributed by atoms with Gasteiger partial charge in [-0.25, -0.2) is 9.78 Å². The third-order valence-corrected chi connectivity index (χ3v) is 7.33. The van der Waals surface area contributed by atoms with Crippen LogP contribution in [0.2, 0.25) is 10.0 Å². The van der Waals surface area contributed by atoms with Crippen LogP contribution in [0.5, 0.6) is 0 Å². The Labute approximate surface area is 238 Å². The van der Waals surface area contributed by atoms with Crippen LogP contribution in [-0.2, 0) is 27.1 Å². The molecule has 0 fully saturated rings. The predicted octanol–water partition coefficient (Wildman–Crippen LogP) is 7.71. The molecule has 1 atom stereocenters. The lowest BCUT2D eigenvalue weighted by Gasteiger charge is -2.24. The highest BCUT2D eigenvalue weighted by atomic mass is 35.5. The molecule has 0 saturated carbocycles. The zero-order chi connectivity index (χ0) is 28.0. The van der Waals surface area contributed by atoms with Crippen molar-refractivity contribution in [3.8, 4) is 11.3 Å². The lowest BCUT2D eigenvalue weighted by atomic mass is 9.97. The normalized spacial score (nSPS) is 12.3. The van der Waals surface area contributed by atoms with Crippen molar-refractivity contribution in [1.29, 1.82) is 0 Å². The van der Waals surface area contributed by atoms with Crippen LogP contribution in [0.15, 0.2) is 42.5 Å². The Morgan fingerprint density at radius 3 is 2.42 bits per heavy atom. The molecule has 3 rings (SSSR count). The highest BCUT2D eigenvalue weighted by Gasteiger charge is 2.26. The SMILES string of the molecule is COC(=O)c1cccc(CC(CNc2nc(-c3ccc(Cl)c(Cl)c3)c(CC(C)C)s2)C(=O)OC(C)(C)C)c1. The Morgan fingerprint density at radius 1 is 1.05 bits per heavy atom. The first-order valence-corrected chi connectivity index (χ1v) is 14.0. The van der Waals surface area contributed by atoms with Crippen molar-refractivity contribution in [2.45, 2.75) is 53.1 Å². The van der Waals surface area contributed by atoms with Crippen molar-refractivity contribution < 1.29 is 19.1 Å². The smallest absolute Gasteiger partial charge is 0.337 e. The second kappa shape index (κ2) is 13.0. The lowest BCUT2D eigenvalue weighted by Crippen LogP contribution is -2.33. The van der Waals surface area contributed by atoms with Crippen LogP contribution < -0.4 is 5.32 Å². The molecule has 0 saturated heterocycles. The molecule has 1 aromatic heterocycles. The topological polar surface area (TPSA) is 77.5 Å². The molecular weight excluding hydrogens is 543 g/mol. The van der Waals surface area contributed by atoms with Crippen molar-refractivity contribution >= 4 is 51.6 Å². The Kier molecular flexibility index (Phi) is 10.2. The summed E-state index contributed by atoms with van der Waals surface area (Å²) in [6, 6.07) is 12.6. The zero-order valence-electron chi connectivity index (χ0n) is 22.6. The minimum atomic E-state index is -0.629. The minimum absolute atomic E-state index is 0.312. The van der Waals surface area contributed by atoms with Gasteiger partial charge >= 0.3 is 11.9 Å². The molecule has 9 heteroatoms. The quantitative estimate of drug-likeness (QED) is 0.249. The van der Waals surface area contributed by atoms with Crippen molar-refractivity contribution in [3.05, 3.63) is 68.5 Å². The minimum Gasteiger partial charge on any atom is -0.465 e. The van der Waals surface area contributed by atoms with Gasteiger partial charge in [0.05, 0.1) is 34.3 Å². The first kappa shape index (κ1) is 29.9. The number of anilines is 1. The number of hydrogen-bond acceptors (Lipinski definition) is 7. The second-order valence-corrected chi connectivity index (χ2v) is 12.4. The van der Waals surface area contributed by atoms with E-state index in [0.29, 0.717) is 39.6 Å². The molecule has 6 nitrogen and oxygen atoms in total. The maximum atomic E-state index is 13.2. The van der Waals surface area contributed by atoms with Crippen LogP contribution in [0.3, 0.4) is 0 Å². The molecule has 0 aliphatic carbocycles. The number of rotatable bonds is 10. The van der Waals surface area contributed by atoms with Gasteiger partial charge in [-0.3, -0.25) is 4.79 Å². The fourth-order valence-electron chi connectivity index (χ4n) is 3.87. The summed E-state index contributed by atoms with van der Waals surface area (Å²) in [5.41, 5.74) is 2.38. The first-order chi connectivity index (χ1) is 17.9. The van der Waals surface area contributed by atoms with E-state index in [4.69, 9.17) is 37.7 Å². The fourth-order valence-corrected chi connectivity index (χ4v) is 5.37. The van der Waals surface area contributed by atoms with Gasteiger partial charge in [-0.05, 0) is 69.4 Å². The average Bonchev–Trinajstić information content (AvgIpc) is 3.23. The van der Waals surface area contributed by atoms with Gasteiger partial charge in [-0.15, -0.1) is 11.3 Å². The van der Waals surface area contributed by atoms with Crippen LogP contribution >= 0.6 is 34.5 Å². The molecule has 3 aromatic rings. The number of thiazole rings is 1. The summed E-state index contributed by atoms with van der Waals surface area (Å²) in [5.74, 6) is -0.819. The third kappa shape index (κ3) is 8.45. The van der Waals surface area contributed by atoms with E-state index in [-0.39, 0.29) is 5.97 Å². The zero-order valence-corrected chi connectivity index (χ0v) is 24.9. The lowest BCUT2D eigenvalue weighted by molar-refractivity contribution is -0.159. The highest BCUT2D eigenvalue weighted by Crippen LogP contribution is 2.36. The average molecular weight is 578 g/mol. The molecule has 0 aliphatic rings. The summed E-state index contributed by atoms with van der Waals surface area (Å²) >= 11 is 14.0. The Balaban J connectivity index is 1.87. The number of halogens is 2. The van der Waals surface area contributed by atoms with Crippen molar-refractivity contribution in [1.82, 2.24) is 4.98 Å². The Hall–Kier alpha value is -2.61. The number of carbonyl (C=O) groups is 2. The van der Waals surface area contributed by atoms with Gasteiger partial charge in [0.1, 0.15) is 5.60 Å². The van der Waals surface area contributed by atoms with E-state index in [2.05, 4.69) is 19.2 Å². The number of nitrogens with zero attached hydrogens (tertiary/aromatic N) is 1. The molecule has 0 radical (unpaired) electrons. The number of esters is 2. The van der Waals surface area contributed by atoms with Crippen LogP contribution in [0, 0.1) is 11.8 Å². The number of carbonyl (C=O) groups excluding carboxylic acids is 2. The number of benzene rings is 2. The van der Waals surface area contributed by atoms with Gasteiger partial charge in [-0.1, -0.05) is 55.2 Å². The van der Waals surface area contributed by atoms with Crippen LogP contribution in [0.1, 0.15) is 55.4 Å². The van der Waals surface area contributed by atoms with Crippen LogP contribution in [0.4, 0.5) is 5.13 Å². The van der Waals surface area contributed by atoms with E-state index in [1.165, 1.54) is 7.11 Å².